The molecule has 0 bridgehead atoms. The molecule has 0 radical (unpaired) electrons. The highest BCUT2D eigenvalue weighted by Gasteiger charge is 2.53. The molecule has 0 aromatic heterocycles. The number of benzene rings is 1. The molecule has 3 fully saturated rings. The maximum Gasteiger partial charge on any atom is 0.323 e. The third-order valence-electron chi connectivity index (χ3n) is 5.47. The number of rotatable bonds is 3. The Kier molecular flexibility index (Phi) is 4.85. The van der Waals surface area contributed by atoms with Crippen molar-refractivity contribution in [3.05, 3.63) is 35.9 Å². The molecule has 24 heavy (non-hydrogen) atoms. The van der Waals surface area contributed by atoms with Gasteiger partial charge >= 0.3 is 5.97 Å². The fourth-order valence-electron chi connectivity index (χ4n) is 4.48. The lowest BCUT2D eigenvalue weighted by Gasteiger charge is -2.53. The summed E-state index contributed by atoms with van der Waals surface area (Å²) in [4.78, 5) is 15.1. The second kappa shape index (κ2) is 6.93. The predicted molar refractivity (Wildman–Crippen MR) is 101 cm³/mol. The zero-order chi connectivity index (χ0) is 16.6. The third-order valence-corrected chi connectivity index (χ3v) is 8.97. The van der Waals surface area contributed by atoms with Gasteiger partial charge in [-0.3, -0.25) is 9.69 Å². The Morgan fingerprint density at radius 1 is 1.17 bits per heavy atom. The van der Waals surface area contributed by atoms with Crippen molar-refractivity contribution in [2.45, 2.75) is 54.8 Å². The van der Waals surface area contributed by atoms with Crippen LogP contribution < -0.4 is 0 Å². The van der Waals surface area contributed by atoms with Crippen LogP contribution in [-0.4, -0.2) is 45.1 Å². The van der Waals surface area contributed by atoms with Gasteiger partial charge in [-0.25, -0.2) is 0 Å². The minimum atomic E-state index is -0.0765. The van der Waals surface area contributed by atoms with E-state index in [-0.39, 0.29) is 22.1 Å². The highest BCUT2D eigenvalue weighted by Crippen LogP contribution is 2.55. The van der Waals surface area contributed by atoms with Crippen LogP contribution in [0.2, 0.25) is 0 Å². The summed E-state index contributed by atoms with van der Waals surface area (Å²) in [5.41, 5.74) is 1.28. The Morgan fingerprint density at radius 2 is 1.92 bits per heavy atom. The van der Waals surface area contributed by atoms with Crippen molar-refractivity contribution in [1.82, 2.24) is 4.90 Å². The van der Waals surface area contributed by atoms with E-state index in [9.17, 15) is 4.79 Å². The van der Waals surface area contributed by atoms with Gasteiger partial charge < -0.3 is 4.74 Å². The van der Waals surface area contributed by atoms with Crippen molar-refractivity contribution in [3.63, 3.8) is 0 Å². The van der Waals surface area contributed by atoms with Gasteiger partial charge in [-0.05, 0) is 24.8 Å². The highest BCUT2D eigenvalue weighted by molar-refractivity contribution is 8.21. The van der Waals surface area contributed by atoms with E-state index in [1.807, 2.05) is 0 Å². The zero-order valence-corrected chi connectivity index (χ0v) is 15.8. The number of carbonyl (C=O) groups is 1. The lowest BCUT2D eigenvalue weighted by Crippen LogP contribution is -2.61. The van der Waals surface area contributed by atoms with Crippen molar-refractivity contribution in [2.24, 2.45) is 0 Å². The number of hydrogen-bond acceptors (Lipinski definition) is 5. The molecule has 0 aliphatic carbocycles. The van der Waals surface area contributed by atoms with Crippen LogP contribution in [0.3, 0.4) is 0 Å². The molecule has 3 saturated heterocycles. The van der Waals surface area contributed by atoms with E-state index in [0.29, 0.717) is 12.6 Å². The summed E-state index contributed by atoms with van der Waals surface area (Å²) in [6.07, 6.45) is 4.46. The Balaban J connectivity index is 1.68. The first kappa shape index (κ1) is 16.8. The summed E-state index contributed by atoms with van der Waals surface area (Å²) in [6, 6.07) is 11.2. The molecule has 3 aliphatic rings. The number of ether oxygens (including phenoxy) is 1. The maximum atomic E-state index is 12.6. The first-order chi connectivity index (χ1) is 11.7. The number of piperidine rings is 1. The van der Waals surface area contributed by atoms with Crippen molar-refractivity contribution in [1.29, 1.82) is 0 Å². The van der Waals surface area contributed by atoms with Crippen LogP contribution in [0.4, 0.5) is 0 Å². The second-order valence-electron chi connectivity index (χ2n) is 6.98. The largest absolute Gasteiger partial charge is 0.462 e. The van der Waals surface area contributed by atoms with E-state index >= 15 is 0 Å². The van der Waals surface area contributed by atoms with E-state index in [0.717, 1.165) is 19.3 Å². The van der Waals surface area contributed by atoms with Crippen LogP contribution >= 0.6 is 23.5 Å². The second-order valence-corrected chi connectivity index (χ2v) is 10.2. The van der Waals surface area contributed by atoms with Gasteiger partial charge in [-0.1, -0.05) is 43.7 Å². The predicted octanol–water partition coefficient (Wildman–Crippen LogP) is 4.09. The third kappa shape index (κ3) is 2.99. The van der Waals surface area contributed by atoms with Crippen LogP contribution in [0.15, 0.2) is 30.3 Å². The number of morpholine rings is 1. The normalized spacial score (nSPS) is 32.5. The first-order valence-corrected chi connectivity index (χ1v) is 11.0. The lowest BCUT2D eigenvalue weighted by atomic mass is 9.87. The Bertz CT molecular complexity index is 588. The van der Waals surface area contributed by atoms with Crippen molar-refractivity contribution < 1.29 is 9.53 Å². The summed E-state index contributed by atoms with van der Waals surface area (Å²) in [7, 11) is 0. The molecule has 1 spiro atoms. The van der Waals surface area contributed by atoms with Crippen LogP contribution in [0.25, 0.3) is 0 Å². The van der Waals surface area contributed by atoms with Crippen molar-refractivity contribution in [2.75, 3.05) is 18.1 Å². The number of carbonyl (C=O) groups excluding carboxylic acids is 1. The van der Waals surface area contributed by atoms with Gasteiger partial charge in [-0.15, -0.1) is 23.5 Å². The van der Waals surface area contributed by atoms with E-state index in [2.05, 4.69) is 65.7 Å². The number of nitrogens with zero attached hydrogens (tertiary/aromatic N) is 1. The molecular formula is C19H25NO2S2. The first-order valence-electron chi connectivity index (χ1n) is 8.99. The molecule has 3 atom stereocenters. The average molecular weight is 364 g/mol. The monoisotopic (exact) mass is 363 g/mol. The molecule has 0 unspecified atom stereocenters. The van der Waals surface area contributed by atoms with Gasteiger partial charge in [0.15, 0.2) is 0 Å². The summed E-state index contributed by atoms with van der Waals surface area (Å²) in [6.45, 7) is 2.75. The van der Waals surface area contributed by atoms with Crippen LogP contribution in [0, 0.1) is 0 Å². The number of esters is 1. The van der Waals surface area contributed by atoms with E-state index in [1.54, 1.807) is 0 Å². The summed E-state index contributed by atoms with van der Waals surface area (Å²) in [5.74, 6) is 2.43. The molecule has 5 heteroatoms. The van der Waals surface area contributed by atoms with Gasteiger partial charge in [0.1, 0.15) is 12.6 Å². The fourth-order valence-corrected chi connectivity index (χ4v) is 7.90. The number of fused-ring (bicyclic) bond motifs is 1. The average Bonchev–Trinajstić information content (AvgIpc) is 3.04. The molecule has 3 heterocycles. The van der Waals surface area contributed by atoms with Gasteiger partial charge in [0, 0.05) is 17.5 Å². The number of cyclic esters (lactones) is 1. The number of thioether (sulfide) groups is 2. The molecule has 1 aromatic carbocycles. The molecule has 130 valence electrons. The zero-order valence-electron chi connectivity index (χ0n) is 14.1. The number of hydrogen-bond donors (Lipinski definition) is 0. The van der Waals surface area contributed by atoms with Gasteiger partial charge in [0.25, 0.3) is 0 Å². The standard InChI is InChI=1S/C19H25NO2S2/c1-2-6-15-11-19(23-9-10-24-19)12-16-18(21)22-13-17(20(15)16)14-7-4-3-5-8-14/h3-5,7-8,15-17H,2,6,9-13H2,1H3/t15-,16+,17-/m1/s1. The maximum absolute atomic E-state index is 12.6. The smallest absolute Gasteiger partial charge is 0.323 e. The van der Waals surface area contributed by atoms with E-state index < -0.39 is 0 Å². The van der Waals surface area contributed by atoms with Crippen LogP contribution in [0.1, 0.15) is 44.2 Å². The minimum absolute atomic E-state index is 0.00420. The highest BCUT2D eigenvalue weighted by atomic mass is 32.2. The minimum Gasteiger partial charge on any atom is -0.462 e. The van der Waals surface area contributed by atoms with Crippen molar-refractivity contribution in [3.8, 4) is 0 Å². The molecule has 0 saturated carbocycles. The molecule has 1 aromatic rings. The molecular weight excluding hydrogens is 338 g/mol. The van der Waals surface area contributed by atoms with Crippen molar-refractivity contribution >= 4 is 29.5 Å². The molecule has 3 nitrogen and oxygen atoms in total. The Hall–Kier alpha value is -0.650. The van der Waals surface area contributed by atoms with Crippen LogP contribution in [0.5, 0.6) is 0 Å². The summed E-state index contributed by atoms with van der Waals surface area (Å²) < 4.78 is 5.88. The Morgan fingerprint density at radius 3 is 2.62 bits per heavy atom. The van der Waals surface area contributed by atoms with Gasteiger partial charge in [0.05, 0.1) is 10.1 Å². The molecule has 0 N–H and O–H groups in total. The summed E-state index contributed by atoms with van der Waals surface area (Å²) >= 11 is 4.16. The van der Waals surface area contributed by atoms with Gasteiger partial charge in [-0.2, -0.15) is 0 Å². The fraction of sp³-hybridized carbons (Fsp3) is 0.632. The Labute approximate surface area is 152 Å². The quantitative estimate of drug-likeness (QED) is 0.755. The molecule has 0 amide bonds. The van der Waals surface area contributed by atoms with Gasteiger partial charge in [0.2, 0.25) is 0 Å². The van der Waals surface area contributed by atoms with Crippen LogP contribution in [-0.2, 0) is 9.53 Å². The molecule has 3 aliphatic heterocycles. The van der Waals surface area contributed by atoms with E-state index in [4.69, 9.17) is 4.74 Å². The lowest BCUT2D eigenvalue weighted by molar-refractivity contribution is -0.169. The topological polar surface area (TPSA) is 29.5 Å². The molecule has 4 rings (SSSR count). The SMILES string of the molecule is CCC[C@@H]1CC2(C[C@H]3C(=O)OC[C@H](c4ccccc4)N13)SCCS2. The summed E-state index contributed by atoms with van der Waals surface area (Å²) in [5, 5.41) is 0. The van der Waals surface area contributed by atoms with E-state index in [1.165, 1.54) is 23.5 Å².